The summed E-state index contributed by atoms with van der Waals surface area (Å²) in [5, 5.41) is 7.40. The van der Waals surface area contributed by atoms with Gasteiger partial charge in [0.05, 0.1) is 0 Å². The van der Waals surface area contributed by atoms with Gasteiger partial charge in [0, 0.05) is 23.5 Å². The molecule has 88 valence electrons. The van der Waals surface area contributed by atoms with Gasteiger partial charge >= 0.3 is 0 Å². The second-order valence-electron chi connectivity index (χ2n) is 3.84. The van der Waals surface area contributed by atoms with Gasteiger partial charge in [-0.2, -0.15) is 11.3 Å². The van der Waals surface area contributed by atoms with Crippen LogP contribution in [-0.2, 0) is 6.54 Å². The highest BCUT2D eigenvalue weighted by atomic mass is 32.1. The summed E-state index contributed by atoms with van der Waals surface area (Å²) in [5.41, 5.74) is 8.98. The number of rotatable bonds is 4. The Balaban J connectivity index is 2.11. The molecule has 0 spiro atoms. The highest BCUT2D eigenvalue weighted by molar-refractivity contribution is 7.07. The summed E-state index contributed by atoms with van der Waals surface area (Å²) in [7, 11) is 0. The molecule has 0 aliphatic carbocycles. The van der Waals surface area contributed by atoms with E-state index in [1.807, 2.05) is 11.4 Å². The third-order valence-corrected chi connectivity index (χ3v) is 3.24. The van der Waals surface area contributed by atoms with Crippen molar-refractivity contribution in [2.45, 2.75) is 13.5 Å². The zero-order valence-corrected chi connectivity index (χ0v) is 10.4. The van der Waals surface area contributed by atoms with Gasteiger partial charge in [0.1, 0.15) is 0 Å². The Morgan fingerprint density at radius 1 is 1.41 bits per heavy atom. The second-order valence-corrected chi connectivity index (χ2v) is 4.62. The molecule has 3 N–H and O–H groups in total. The fraction of sp³-hybridized carbons (Fsp3) is 0.154. The van der Waals surface area contributed by atoms with Crippen molar-refractivity contribution in [3.63, 3.8) is 0 Å². The van der Waals surface area contributed by atoms with Crippen LogP contribution in [-0.4, -0.2) is 5.78 Å². The Labute approximate surface area is 104 Å². The molecule has 2 aromatic rings. The first-order chi connectivity index (χ1) is 8.16. The van der Waals surface area contributed by atoms with Crippen LogP contribution >= 0.6 is 11.3 Å². The molecule has 1 aromatic carbocycles. The molecule has 0 aliphatic heterocycles. The number of nitrogen functional groups attached to an aromatic ring is 1. The van der Waals surface area contributed by atoms with E-state index >= 15 is 0 Å². The Kier molecular flexibility index (Phi) is 3.44. The lowest BCUT2D eigenvalue weighted by molar-refractivity contribution is 0.101. The number of anilines is 2. The topological polar surface area (TPSA) is 55.1 Å². The van der Waals surface area contributed by atoms with Gasteiger partial charge in [0.15, 0.2) is 5.78 Å². The fourth-order valence-electron chi connectivity index (χ4n) is 1.57. The maximum absolute atomic E-state index is 11.3. The van der Waals surface area contributed by atoms with Gasteiger partial charge in [-0.3, -0.25) is 4.79 Å². The van der Waals surface area contributed by atoms with E-state index < -0.39 is 0 Å². The Morgan fingerprint density at radius 2 is 2.24 bits per heavy atom. The number of carbonyl (C=O) groups excluding carboxylic acids is 1. The van der Waals surface area contributed by atoms with E-state index in [2.05, 4.69) is 16.8 Å². The monoisotopic (exact) mass is 246 g/mol. The minimum Gasteiger partial charge on any atom is -0.398 e. The maximum atomic E-state index is 11.3. The summed E-state index contributed by atoms with van der Waals surface area (Å²) in [6, 6.07) is 7.51. The van der Waals surface area contributed by atoms with E-state index in [1.54, 1.807) is 23.5 Å². The molecule has 0 aliphatic rings. The average Bonchev–Trinajstić information content (AvgIpc) is 2.80. The van der Waals surface area contributed by atoms with Crippen molar-refractivity contribution in [2.75, 3.05) is 11.1 Å². The van der Waals surface area contributed by atoms with Crippen LogP contribution in [0.25, 0.3) is 0 Å². The van der Waals surface area contributed by atoms with Gasteiger partial charge in [-0.25, -0.2) is 0 Å². The van der Waals surface area contributed by atoms with E-state index in [0.717, 1.165) is 12.2 Å². The van der Waals surface area contributed by atoms with Gasteiger partial charge in [-0.15, -0.1) is 0 Å². The van der Waals surface area contributed by atoms with E-state index in [-0.39, 0.29) is 5.78 Å². The molecule has 0 unspecified atom stereocenters. The largest absolute Gasteiger partial charge is 0.398 e. The lowest BCUT2D eigenvalue weighted by Gasteiger charge is -2.08. The standard InChI is InChI=1S/C13H14N2OS/c1-9(16)12-6-11(2-3-13(12)14)15-7-10-4-5-17-8-10/h2-6,8,15H,7,14H2,1H3. The van der Waals surface area contributed by atoms with Crippen molar-refractivity contribution < 1.29 is 4.79 Å². The van der Waals surface area contributed by atoms with E-state index in [9.17, 15) is 4.79 Å². The molecule has 0 saturated heterocycles. The molecule has 0 bridgehead atoms. The van der Waals surface area contributed by atoms with Crippen LogP contribution in [0.15, 0.2) is 35.0 Å². The van der Waals surface area contributed by atoms with Crippen LogP contribution in [0.1, 0.15) is 22.8 Å². The molecule has 0 radical (unpaired) electrons. The fourth-order valence-corrected chi connectivity index (χ4v) is 2.24. The number of carbonyl (C=O) groups is 1. The van der Waals surface area contributed by atoms with E-state index in [4.69, 9.17) is 5.73 Å². The Hall–Kier alpha value is -1.81. The zero-order chi connectivity index (χ0) is 12.3. The van der Waals surface area contributed by atoms with Crippen molar-refractivity contribution in [1.82, 2.24) is 0 Å². The molecule has 0 amide bonds. The van der Waals surface area contributed by atoms with Crippen molar-refractivity contribution in [1.29, 1.82) is 0 Å². The second kappa shape index (κ2) is 5.01. The quantitative estimate of drug-likeness (QED) is 0.643. The van der Waals surface area contributed by atoms with Crippen LogP contribution in [0.4, 0.5) is 11.4 Å². The first-order valence-corrected chi connectivity index (χ1v) is 6.26. The van der Waals surface area contributed by atoms with Crippen LogP contribution in [0, 0.1) is 0 Å². The summed E-state index contributed by atoms with van der Waals surface area (Å²) < 4.78 is 0. The van der Waals surface area contributed by atoms with Crippen LogP contribution in [0.2, 0.25) is 0 Å². The summed E-state index contributed by atoms with van der Waals surface area (Å²) >= 11 is 1.67. The number of Topliss-reactive ketones (excluding diaryl/α,β-unsaturated/α-hetero) is 1. The number of benzene rings is 1. The smallest absolute Gasteiger partial charge is 0.161 e. The highest BCUT2D eigenvalue weighted by Crippen LogP contribution is 2.19. The van der Waals surface area contributed by atoms with Gasteiger partial charge in [-0.05, 0) is 47.5 Å². The lowest BCUT2D eigenvalue weighted by atomic mass is 10.1. The van der Waals surface area contributed by atoms with E-state index in [1.165, 1.54) is 12.5 Å². The lowest BCUT2D eigenvalue weighted by Crippen LogP contribution is -2.03. The molecular weight excluding hydrogens is 232 g/mol. The van der Waals surface area contributed by atoms with Gasteiger partial charge in [0.2, 0.25) is 0 Å². The SMILES string of the molecule is CC(=O)c1cc(NCc2ccsc2)ccc1N. The van der Waals surface area contributed by atoms with Crippen molar-refractivity contribution in [3.05, 3.63) is 46.2 Å². The number of thiophene rings is 1. The van der Waals surface area contributed by atoms with Crippen LogP contribution < -0.4 is 11.1 Å². The molecule has 1 heterocycles. The molecule has 2 rings (SSSR count). The number of hydrogen-bond acceptors (Lipinski definition) is 4. The molecular formula is C13H14N2OS. The van der Waals surface area contributed by atoms with Crippen LogP contribution in [0.5, 0.6) is 0 Å². The van der Waals surface area contributed by atoms with Gasteiger partial charge in [0.25, 0.3) is 0 Å². The minimum absolute atomic E-state index is 0.0123. The molecule has 0 atom stereocenters. The van der Waals surface area contributed by atoms with Gasteiger partial charge in [-0.1, -0.05) is 0 Å². The van der Waals surface area contributed by atoms with Gasteiger partial charge < -0.3 is 11.1 Å². The molecule has 4 heteroatoms. The normalized spacial score (nSPS) is 10.2. The minimum atomic E-state index is -0.0123. The van der Waals surface area contributed by atoms with Crippen molar-refractivity contribution >= 4 is 28.5 Å². The molecule has 17 heavy (non-hydrogen) atoms. The summed E-state index contributed by atoms with van der Waals surface area (Å²) in [4.78, 5) is 11.3. The number of ketones is 1. The Bertz CT molecular complexity index is 520. The first-order valence-electron chi connectivity index (χ1n) is 5.32. The number of hydrogen-bond donors (Lipinski definition) is 2. The maximum Gasteiger partial charge on any atom is 0.161 e. The average molecular weight is 246 g/mol. The first kappa shape index (κ1) is 11.7. The third-order valence-electron chi connectivity index (χ3n) is 2.51. The number of nitrogens with one attached hydrogen (secondary N) is 1. The number of nitrogens with two attached hydrogens (primary N) is 1. The predicted octanol–water partition coefficient (Wildman–Crippen LogP) is 3.15. The van der Waals surface area contributed by atoms with Crippen LogP contribution in [0.3, 0.4) is 0 Å². The van der Waals surface area contributed by atoms with Crippen molar-refractivity contribution in [2.24, 2.45) is 0 Å². The molecule has 1 aromatic heterocycles. The molecule has 3 nitrogen and oxygen atoms in total. The molecule has 0 saturated carbocycles. The summed E-state index contributed by atoms with van der Waals surface area (Å²) in [6.07, 6.45) is 0. The molecule has 0 fully saturated rings. The summed E-state index contributed by atoms with van der Waals surface area (Å²) in [5.74, 6) is -0.0123. The third kappa shape index (κ3) is 2.85. The highest BCUT2D eigenvalue weighted by Gasteiger charge is 2.05. The van der Waals surface area contributed by atoms with E-state index in [0.29, 0.717) is 11.3 Å². The summed E-state index contributed by atoms with van der Waals surface area (Å²) in [6.45, 7) is 2.28. The predicted molar refractivity (Wildman–Crippen MR) is 72.5 cm³/mol. The zero-order valence-electron chi connectivity index (χ0n) is 9.57. The van der Waals surface area contributed by atoms with Crippen molar-refractivity contribution in [3.8, 4) is 0 Å². The Morgan fingerprint density at radius 3 is 2.88 bits per heavy atom.